The highest BCUT2D eigenvalue weighted by molar-refractivity contribution is 5.95. The molecule has 1 heterocycles. The monoisotopic (exact) mass is 231 g/mol. The molecule has 1 saturated carbocycles. The van der Waals surface area contributed by atoms with E-state index in [0.29, 0.717) is 0 Å². The van der Waals surface area contributed by atoms with Crippen LogP contribution in [0.15, 0.2) is 18.2 Å². The predicted molar refractivity (Wildman–Crippen MR) is 65.2 cm³/mol. The smallest absolute Gasteiger partial charge is 0.253 e. The zero-order valence-electron chi connectivity index (χ0n) is 10.3. The Labute approximate surface area is 101 Å². The molecule has 0 bridgehead atoms. The number of nitrogens with zero attached hydrogens (tertiary/aromatic N) is 1. The van der Waals surface area contributed by atoms with Crippen LogP contribution in [0.4, 0.5) is 0 Å². The van der Waals surface area contributed by atoms with Crippen molar-refractivity contribution in [1.29, 1.82) is 0 Å². The van der Waals surface area contributed by atoms with Crippen LogP contribution in [-0.4, -0.2) is 31.0 Å². The minimum absolute atomic E-state index is 0.169. The molecule has 90 valence electrons. The second kappa shape index (κ2) is 3.76. The standard InChI is InChI=1S/C14H17NO2/c1-9-5-10(3-4-13(9)17-2)14(16)15-7-11-6-12(11)8-15/h3-5,11-12H,6-8H2,1-2H3. The molecule has 1 aromatic carbocycles. The molecule has 0 N–H and O–H groups in total. The van der Waals surface area contributed by atoms with Gasteiger partial charge in [-0.05, 0) is 48.9 Å². The first kappa shape index (κ1) is 10.6. The summed E-state index contributed by atoms with van der Waals surface area (Å²) in [7, 11) is 1.65. The average molecular weight is 231 g/mol. The van der Waals surface area contributed by atoms with Crippen molar-refractivity contribution in [2.24, 2.45) is 11.8 Å². The van der Waals surface area contributed by atoms with Gasteiger partial charge in [0.25, 0.3) is 5.91 Å². The van der Waals surface area contributed by atoms with Crippen molar-refractivity contribution in [2.45, 2.75) is 13.3 Å². The Morgan fingerprint density at radius 2 is 2.06 bits per heavy atom. The van der Waals surface area contributed by atoms with E-state index in [0.717, 1.165) is 41.8 Å². The third kappa shape index (κ3) is 1.79. The van der Waals surface area contributed by atoms with Crippen LogP contribution in [-0.2, 0) is 0 Å². The summed E-state index contributed by atoms with van der Waals surface area (Å²) in [5.41, 5.74) is 1.80. The van der Waals surface area contributed by atoms with Gasteiger partial charge in [0.1, 0.15) is 5.75 Å². The molecular formula is C14H17NO2. The molecule has 1 saturated heterocycles. The molecule has 1 aromatic rings. The number of likely N-dealkylation sites (tertiary alicyclic amines) is 1. The largest absolute Gasteiger partial charge is 0.496 e. The van der Waals surface area contributed by atoms with Crippen LogP contribution in [0.3, 0.4) is 0 Å². The number of benzene rings is 1. The average Bonchev–Trinajstić information content (AvgIpc) is 2.95. The van der Waals surface area contributed by atoms with E-state index in [1.807, 2.05) is 30.0 Å². The van der Waals surface area contributed by atoms with Gasteiger partial charge >= 0.3 is 0 Å². The summed E-state index contributed by atoms with van der Waals surface area (Å²) in [6.07, 6.45) is 1.32. The lowest BCUT2D eigenvalue weighted by molar-refractivity contribution is 0.0775. The SMILES string of the molecule is COc1ccc(C(=O)N2CC3CC3C2)cc1C. The second-order valence-electron chi connectivity index (χ2n) is 5.15. The van der Waals surface area contributed by atoms with Crippen molar-refractivity contribution in [3.63, 3.8) is 0 Å². The molecule has 3 rings (SSSR count). The molecule has 2 atom stereocenters. The van der Waals surface area contributed by atoms with Crippen molar-refractivity contribution in [3.8, 4) is 5.75 Å². The van der Waals surface area contributed by atoms with E-state index in [-0.39, 0.29) is 5.91 Å². The fraction of sp³-hybridized carbons (Fsp3) is 0.500. The van der Waals surface area contributed by atoms with Crippen molar-refractivity contribution in [2.75, 3.05) is 20.2 Å². The maximum Gasteiger partial charge on any atom is 0.253 e. The molecule has 1 aliphatic carbocycles. The number of amides is 1. The number of piperidine rings is 1. The molecule has 2 fully saturated rings. The van der Waals surface area contributed by atoms with Crippen LogP contribution in [0, 0.1) is 18.8 Å². The van der Waals surface area contributed by atoms with Gasteiger partial charge in [0.2, 0.25) is 0 Å². The molecule has 2 unspecified atom stereocenters. The summed E-state index contributed by atoms with van der Waals surface area (Å²) in [5.74, 6) is 2.59. The fourth-order valence-corrected chi connectivity index (χ4v) is 2.76. The van der Waals surface area contributed by atoms with Crippen LogP contribution in [0.2, 0.25) is 0 Å². The molecule has 17 heavy (non-hydrogen) atoms. The lowest BCUT2D eigenvalue weighted by atomic mass is 10.1. The van der Waals surface area contributed by atoms with E-state index in [9.17, 15) is 4.79 Å². The topological polar surface area (TPSA) is 29.5 Å². The van der Waals surface area contributed by atoms with Gasteiger partial charge in [-0.2, -0.15) is 0 Å². The fourth-order valence-electron chi connectivity index (χ4n) is 2.76. The van der Waals surface area contributed by atoms with Gasteiger partial charge in [-0.3, -0.25) is 4.79 Å². The molecule has 2 aliphatic rings. The molecule has 3 nitrogen and oxygen atoms in total. The van der Waals surface area contributed by atoms with Gasteiger partial charge in [0.15, 0.2) is 0 Å². The van der Waals surface area contributed by atoms with Gasteiger partial charge in [0, 0.05) is 18.7 Å². The minimum Gasteiger partial charge on any atom is -0.496 e. The van der Waals surface area contributed by atoms with Gasteiger partial charge in [-0.25, -0.2) is 0 Å². The van der Waals surface area contributed by atoms with Gasteiger partial charge in [-0.1, -0.05) is 0 Å². The first-order valence-electron chi connectivity index (χ1n) is 6.13. The Morgan fingerprint density at radius 3 is 2.65 bits per heavy atom. The van der Waals surface area contributed by atoms with Crippen LogP contribution >= 0.6 is 0 Å². The Balaban J connectivity index is 1.79. The van der Waals surface area contributed by atoms with Gasteiger partial charge < -0.3 is 9.64 Å². The first-order chi connectivity index (χ1) is 8.19. The number of hydrogen-bond acceptors (Lipinski definition) is 2. The third-order valence-electron chi connectivity index (χ3n) is 3.91. The van der Waals surface area contributed by atoms with Crippen LogP contribution in [0.1, 0.15) is 22.3 Å². The Hall–Kier alpha value is -1.51. The molecule has 1 amide bonds. The highest BCUT2D eigenvalue weighted by atomic mass is 16.5. The van der Waals surface area contributed by atoms with Crippen molar-refractivity contribution in [1.82, 2.24) is 4.90 Å². The lowest BCUT2D eigenvalue weighted by Gasteiger charge is -2.18. The molecular weight excluding hydrogens is 214 g/mol. The summed E-state index contributed by atoms with van der Waals surface area (Å²) in [4.78, 5) is 14.2. The highest BCUT2D eigenvalue weighted by Crippen LogP contribution is 2.45. The van der Waals surface area contributed by atoms with E-state index in [1.54, 1.807) is 7.11 Å². The summed E-state index contributed by atoms with van der Waals surface area (Å²) in [6.45, 7) is 3.88. The Kier molecular flexibility index (Phi) is 2.35. The van der Waals surface area contributed by atoms with Crippen molar-refractivity contribution < 1.29 is 9.53 Å². The number of aryl methyl sites for hydroxylation is 1. The van der Waals surface area contributed by atoms with Crippen molar-refractivity contribution in [3.05, 3.63) is 29.3 Å². The van der Waals surface area contributed by atoms with E-state index >= 15 is 0 Å². The second-order valence-corrected chi connectivity index (χ2v) is 5.15. The first-order valence-corrected chi connectivity index (χ1v) is 6.13. The minimum atomic E-state index is 0.169. The number of carbonyl (C=O) groups excluding carboxylic acids is 1. The zero-order chi connectivity index (χ0) is 12.0. The van der Waals surface area contributed by atoms with Crippen LogP contribution in [0.5, 0.6) is 5.75 Å². The number of carbonyl (C=O) groups is 1. The van der Waals surface area contributed by atoms with Gasteiger partial charge in [-0.15, -0.1) is 0 Å². The van der Waals surface area contributed by atoms with Crippen LogP contribution in [0.25, 0.3) is 0 Å². The maximum atomic E-state index is 12.3. The van der Waals surface area contributed by atoms with E-state index in [2.05, 4.69) is 0 Å². The Morgan fingerprint density at radius 1 is 1.35 bits per heavy atom. The molecule has 1 aliphatic heterocycles. The Bertz CT molecular complexity index is 459. The maximum absolute atomic E-state index is 12.3. The van der Waals surface area contributed by atoms with Gasteiger partial charge in [0.05, 0.1) is 7.11 Å². The number of rotatable bonds is 2. The molecule has 0 radical (unpaired) electrons. The quantitative estimate of drug-likeness (QED) is 0.780. The molecule has 0 aromatic heterocycles. The zero-order valence-corrected chi connectivity index (χ0v) is 10.3. The van der Waals surface area contributed by atoms with E-state index in [4.69, 9.17) is 4.74 Å². The summed E-state index contributed by atoms with van der Waals surface area (Å²) >= 11 is 0. The molecule has 0 spiro atoms. The summed E-state index contributed by atoms with van der Waals surface area (Å²) in [5, 5.41) is 0. The van der Waals surface area contributed by atoms with E-state index in [1.165, 1.54) is 6.42 Å². The third-order valence-corrected chi connectivity index (χ3v) is 3.91. The van der Waals surface area contributed by atoms with Crippen molar-refractivity contribution >= 4 is 5.91 Å². The van der Waals surface area contributed by atoms with Crippen LogP contribution < -0.4 is 4.74 Å². The number of methoxy groups -OCH3 is 1. The summed E-state index contributed by atoms with van der Waals surface area (Å²) < 4.78 is 5.20. The number of hydrogen-bond donors (Lipinski definition) is 0. The van der Waals surface area contributed by atoms with E-state index < -0.39 is 0 Å². The predicted octanol–water partition coefficient (Wildman–Crippen LogP) is 2.10. The normalized spacial score (nSPS) is 25.6. The number of ether oxygens (including phenoxy) is 1. The summed E-state index contributed by atoms with van der Waals surface area (Å²) in [6, 6.07) is 5.66. The molecule has 3 heteroatoms. The lowest BCUT2D eigenvalue weighted by Crippen LogP contribution is -2.30. The number of fused-ring (bicyclic) bond motifs is 1. The highest BCUT2D eigenvalue weighted by Gasteiger charge is 2.46.